The van der Waals surface area contributed by atoms with Crippen molar-refractivity contribution in [3.8, 4) is 11.4 Å². The number of rotatable bonds is 5. The summed E-state index contributed by atoms with van der Waals surface area (Å²) >= 11 is 0. The first-order valence-corrected chi connectivity index (χ1v) is 6.54. The number of aromatic nitrogens is 2. The minimum atomic E-state index is 0.310. The molecular weight excluding hydrogens is 238 g/mol. The van der Waals surface area contributed by atoms with Crippen molar-refractivity contribution in [2.75, 3.05) is 13.7 Å². The minimum absolute atomic E-state index is 0.310. The molecule has 102 valence electrons. The van der Waals surface area contributed by atoms with Crippen LogP contribution in [0.4, 0.5) is 0 Å². The van der Waals surface area contributed by atoms with Crippen LogP contribution in [0.3, 0.4) is 0 Å². The SMILES string of the molecule is COc1ccc(-n2cncc2C(CN)C(C)C)cc1. The molecule has 0 amide bonds. The van der Waals surface area contributed by atoms with Crippen molar-refractivity contribution in [3.63, 3.8) is 0 Å². The highest BCUT2D eigenvalue weighted by atomic mass is 16.5. The van der Waals surface area contributed by atoms with Gasteiger partial charge in [-0.05, 0) is 30.2 Å². The van der Waals surface area contributed by atoms with Gasteiger partial charge < -0.3 is 15.0 Å². The third kappa shape index (κ3) is 2.79. The highest BCUT2D eigenvalue weighted by Gasteiger charge is 2.18. The van der Waals surface area contributed by atoms with Gasteiger partial charge >= 0.3 is 0 Å². The molecule has 0 bridgehead atoms. The third-order valence-corrected chi connectivity index (χ3v) is 3.46. The van der Waals surface area contributed by atoms with E-state index in [-0.39, 0.29) is 0 Å². The number of hydrogen-bond acceptors (Lipinski definition) is 3. The summed E-state index contributed by atoms with van der Waals surface area (Å²) in [5, 5.41) is 0. The van der Waals surface area contributed by atoms with Crippen LogP contribution >= 0.6 is 0 Å². The molecule has 0 fully saturated rings. The van der Waals surface area contributed by atoms with Crippen LogP contribution < -0.4 is 10.5 Å². The van der Waals surface area contributed by atoms with Gasteiger partial charge in [0.15, 0.2) is 0 Å². The van der Waals surface area contributed by atoms with Crippen LogP contribution in [-0.4, -0.2) is 23.2 Å². The molecule has 19 heavy (non-hydrogen) atoms. The number of benzene rings is 1. The Morgan fingerprint density at radius 2 is 1.95 bits per heavy atom. The van der Waals surface area contributed by atoms with E-state index in [0.29, 0.717) is 18.4 Å². The third-order valence-electron chi connectivity index (χ3n) is 3.46. The predicted molar refractivity (Wildman–Crippen MR) is 76.7 cm³/mol. The number of methoxy groups -OCH3 is 1. The Bertz CT molecular complexity index is 516. The van der Waals surface area contributed by atoms with Gasteiger partial charge in [0, 0.05) is 30.0 Å². The second kappa shape index (κ2) is 5.89. The van der Waals surface area contributed by atoms with Crippen molar-refractivity contribution in [1.29, 1.82) is 0 Å². The van der Waals surface area contributed by atoms with Gasteiger partial charge in [-0.15, -0.1) is 0 Å². The van der Waals surface area contributed by atoms with Gasteiger partial charge in [-0.25, -0.2) is 4.98 Å². The largest absolute Gasteiger partial charge is 0.497 e. The summed E-state index contributed by atoms with van der Waals surface area (Å²) in [6.45, 7) is 4.99. The molecule has 1 aromatic heterocycles. The molecular formula is C15H21N3O. The number of imidazole rings is 1. The maximum Gasteiger partial charge on any atom is 0.119 e. The van der Waals surface area contributed by atoms with Gasteiger partial charge in [0.05, 0.1) is 13.4 Å². The fraction of sp³-hybridized carbons (Fsp3) is 0.400. The Hall–Kier alpha value is -1.81. The summed E-state index contributed by atoms with van der Waals surface area (Å²) in [5.41, 5.74) is 8.13. The van der Waals surface area contributed by atoms with Crippen LogP contribution in [0.5, 0.6) is 5.75 Å². The molecule has 0 saturated carbocycles. The van der Waals surface area contributed by atoms with Gasteiger partial charge in [0.2, 0.25) is 0 Å². The molecule has 0 aliphatic heterocycles. The summed E-state index contributed by atoms with van der Waals surface area (Å²) in [6.07, 6.45) is 3.74. The average Bonchev–Trinajstić information content (AvgIpc) is 2.88. The number of ether oxygens (including phenoxy) is 1. The lowest BCUT2D eigenvalue weighted by Crippen LogP contribution is -2.20. The van der Waals surface area contributed by atoms with Crippen molar-refractivity contribution in [1.82, 2.24) is 9.55 Å². The van der Waals surface area contributed by atoms with Gasteiger partial charge in [-0.1, -0.05) is 13.8 Å². The van der Waals surface area contributed by atoms with Crippen molar-refractivity contribution >= 4 is 0 Å². The van der Waals surface area contributed by atoms with E-state index < -0.39 is 0 Å². The van der Waals surface area contributed by atoms with Gasteiger partial charge in [-0.3, -0.25) is 0 Å². The maximum atomic E-state index is 5.90. The Kier molecular flexibility index (Phi) is 4.22. The fourth-order valence-corrected chi connectivity index (χ4v) is 2.27. The summed E-state index contributed by atoms with van der Waals surface area (Å²) in [7, 11) is 1.67. The normalized spacial score (nSPS) is 12.7. The molecule has 1 aromatic carbocycles. The summed E-state index contributed by atoms with van der Waals surface area (Å²) in [5.74, 6) is 1.65. The first kappa shape index (κ1) is 13.6. The van der Waals surface area contributed by atoms with Crippen LogP contribution in [0.2, 0.25) is 0 Å². The molecule has 4 nitrogen and oxygen atoms in total. The quantitative estimate of drug-likeness (QED) is 0.898. The van der Waals surface area contributed by atoms with Gasteiger partial charge in [0.1, 0.15) is 5.75 Å². The lowest BCUT2D eigenvalue weighted by atomic mass is 9.93. The zero-order valence-electron chi connectivity index (χ0n) is 11.7. The molecule has 1 atom stereocenters. The molecule has 0 aliphatic carbocycles. The predicted octanol–water partition coefficient (Wildman–Crippen LogP) is 2.58. The van der Waals surface area contributed by atoms with E-state index in [1.165, 1.54) is 0 Å². The standard InChI is InChI=1S/C15H21N3O/c1-11(2)14(8-16)15-9-17-10-18(15)12-4-6-13(19-3)7-5-12/h4-7,9-11,14H,8,16H2,1-3H3. The van der Waals surface area contributed by atoms with E-state index in [4.69, 9.17) is 10.5 Å². The summed E-state index contributed by atoms with van der Waals surface area (Å²) in [4.78, 5) is 4.27. The van der Waals surface area contributed by atoms with Crippen molar-refractivity contribution in [2.24, 2.45) is 11.7 Å². The first-order valence-electron chi connectivity index (χ1n) is 6.54. The Balaban J connectivity index is 2.37. The second-order valence-corrected chi connectivity index (χ2v) is 4.97. The highest BCUT2D eigenvalue weighted by molar-refractivity contribution is 5.39. The molecule has 2 N–H and O–H groups in total. The van der Waals surface area contributed by atoms with E-state index in [1.807, 2.05) is 36.8 Å². The van der Waals surface area contributed by atoms with Crippen LogP contribution in [0, 0.1) is 5.92 Å². The summed E-state index contributed by atoms with van der Waals surface area (Å²) < 4.78 is 7.27. The highest BCUT2D eigenvalue weighted by Crippen LogP contribution is 2.26. The number of hydrogen-bond donors (Lipinski definition) is 1. The molecule has 2 rings (SSSR count). The minimum Gasteiger partial charge on any atom is -0.497 e. The van der Waals surface area contributed by atoms with E-state index >= 15 is 0 Å². The van der Waals surface area contributed by atoms with E-state index in [1.54, 1.807) is 7.11 Å². The molecule has 1 unspecified atom stereocenters. The lowest BCUT2D eigenvalue weighted by Gasteiger charge is -2.20. The molecule has 2 aromatic rings. The van der Waals surface area contributed by atoms with Crippen molar-refractivity contribution < 1.29 is 4.74 Å². The van der Waals surface area contributed by atoms with E-state index in [0.717, 1.165) is 17.1 Å². The fourth-order valence-electron chi connectivity index (χ4n) is 2.27. The number of nitrogens with zero attached hydrogens (tertiary/aromatic N) is 2. The van der Waals surface area contributed by atoms with Crippen LogP contribution in [-0.2, 0) is 0 Å². The molecule has 0 aliphatic rings. The monoisotopic (exact) mass is 259 g/mol. The Labute approximate surface area is 114 Å². The lowest BCUT2D eigenvalue weighted by molar-refractivity contribution is 0.414. The molecule has 0 saturated heterocycles. The summed E-state index contributed by atoms with van der Waals surface area (Å²) in [6, 6.07) is 7.95. The molecule has 0 radical (unpaired) electrons. The van der Waals surface area contributed by atoms with E-state index in [2.05, 4.69) is 23.4 Å². The van der Waals surface area contributed by atoms with Crippen LogP contribution in [0.15, 0.2) is 36.8 Å². The van der Waals surface area contributed by atoms with Crippen LogP contribution in [0.25, 0.3) is 5.69 Å². The van der Waals surface area contributed by atoms with E-state index in [9.17, 15) is 0 Å². The van der Waals surface area contributed by atoms with Crippen molar-refractivity contribution in [3.05, 3.63) is 42.5 Å². The maximum absolute atomic E-state index is 5.90. The molecule has 1 heterocycles. The Morgan fingerprint density at radius 3 is 2.47 bits per heavy atom. The Morgan fingerprint density at radius 1 is 1.26 bits per heavy atom. The average molecular weight is 259 g/mol. The topological polar surface area (TPSA) is 53.1 Å². The zero-order chi connectivity index (χ0) is 13.8. The van der Waals surface area contributed by atoms with Crippen molar-refractivity contribution in [2.45, 2.75) is 19.8 Å². The van der Waals surface area contributed by atoms with Gasteiger partial charge in [0.25, 0.3) is 0 Å². The molecule has 0 spiro atoms. The van der Waals surface area contributed by atoms with Gasteiger partial charge in [-0.2, -0.15) is 0 Å². The smallest absolute Gasteiger partial charge is 0.119 e. The zero-order valence-corrected chi connectivity index (χ0v) is 11.7. The van der Waals surface area contributed by atoms with Crippen LogP contribution in [0.1, 0.15) is 25.5 Å². The number of nitrogens with two attached hydrogens (primary N) is 1. The molecule has 4 heteroatoms. The second-order valence-electron chi connectivity index (χ2n) is 4.97. The first-order chi connectivity index (χ1) is 9.17.